The van der Waals surface area contributed by atoms with E-state index in [-0.39, 0.29) is 0 Å². The Morgan fingerprint density at radius 3 is 3.00 bits per heavy atom. The summed E-state index contributed by atoms with van der Waals surface area (Å²) < 4.78 is 5.25. The predicted molar refractivity (Wildman–Crippen MR) is 52.1 cm³/mol. The summed E-state index contributed by atoms with van der Waals surface area (Å²) >= 11 is 5.52. The first-order valence-corrected chi connectivity index (χ1v) is 5.02. The lowest BCUT2D eigenvalue weighted by Gasteiger charge is -1.96. The van der Waals surface area contributed by atoms with E-state index in [0.29, 0.717) is 24.2 Å². The first-order valence-electron chi connectivity index (χ1n) is 4.49. The summed E-state index contributed by atoms with van der Waals surface area (Å²) in [6, 6.07) is 0.494. The Morgan fingerprint density at radius 1 is 1.46 bits per heavy atom. The van der Waals surface area contributed by atoms with Crippen molar-refractivity contribution in [3.05, 3.63) is 5.89 Å². The summed E-state index contributed by atoms with van der Waals surface area (Å²) in [6.45, 7) is 3.01. The van der Waals surface area contributed by atoms with Crippen molar-refractivity contribution in [2.24, 2.45) is 0 Å². The van der Waals surface area contributed by atoms with E-state index in [0.717, 1.165) is 19.4 Å². The van der Waals surface area contributed by atoms with Gasteiger partial charge in [0, 0.05) is 18.8 Å². The van der Waals surface area contributed by atoms with Crippen LogP contribution in [0.1, 0.15) is 25.7 Å². The maximum atomic E-state index is 5.52. The summed E-state index contributed by atoms with van der Waals surface area (Å²) in [5, 5.41) is 10.7. The Balaban J connectivity index is 2.31. The van der Waals surface area contributed by atoms with Gasteiger partial charge in [-0.15, -0.1) is 16.7 Å². The molecule has 13 heavy (non-hydrogen) atoms. The van der Waals surface area contributed by atoms with Crippen molar-refractivity contribution in [1.29, 1.82) is 0 Å². The molecule has 0 saturated carbocycles. The largest absolute Gasteiger partial charge is 0.408 e. The number of aryl methyl sites for hydroxylation is 1. The third-order valence-electron chi connectivity index (χ3n) is 1.58. The zero-order valence-corrected chi connectivity index (χ0v) is 8.47. The number of anilines is 1. The SMILES string of the molecule is CCCCNc1nnc(CCCl)o1. The average Bonchev–Trinajstić information content (AvgIpc) is 2.54. The van der Waals surface area contributed by atoms with Crippen LogP contribution >= 0.6 is 11.6 Å². The molecule has 5 heteroatoms. The molecule has 0 atom stereocenters. The van der Waals surface area contributed by atoms with Crippen molar-refractivity contribution in [2.45, 2.75) is 26.2 Å². The second-order valence-corrected chi connectivity index (χ2v) is 3.10. The van der Waals surface area contributed by atoms with Gasteiger partial charge in [0.1, 0.15) is 0 Å². The van der Waals surface area contributed by atoms with Crippen molar-refractivity contribution < 1.29 is 4.42 Å². The second-order valence-electron chi connectivity index (χ2n) is 2.72. The third kappa shape index (κ3) is 3.63. The third-order valence-corrected chi connectivity index (χ3v) is 1.77. The van der Waals surface area contributed by atoms with Crippen molar-refractivity contribution >= 4 is 17.6 Å². The van der Waals surface area contributed by atoms with Gasteiger partial charge in [0.15, 0.2) is 0 Å². The van der Waals surface area contributed by atoms with Gasteiger partial charge >= 0.3 is 6.01 Å². The van der Waals surface area contributed by atoms with E-state index in [4.69, 9.17) is 16.0 Å². The topological polar surface area (TPSA) is 51.0 Å². The van der Waals surface area contributed by atoms with Crippen LogP contribution in [0, 0.1) is 0 Å². The van der Waals surface area contributed by atoms with Crippen LogP contribution in [0.5, 0.6) is 0 Å². The van der Waals surface area contributed by atoms with Gasteiger partial charge in [0.05, 0.1) is 0 Å². The van der Waals surface area contributed by atoms with Crippen LogP contribution in [0.25, 0.3) is 0 Å². The molecule has 0 spiro atoms. The Labute approximate surface area is 82.7 Å². The van der Waals surface area contributed by atoms with Crippen LogP contribution in [0.15, 0.2) is 4.42 Å². The van der Waals surface area contributed by atoms with Crippen molar-refractivity contribution in [3.63, 3.8) is 0 Å². The lowest BCUT2D eigenvalue weighted by atomic mass is 10.3. The molecule has 1 heterocycles. The van der Waals surface area contributed by atoms with Crippen LogP contribution < -0.4 is 5.32 Å². The lowest BCUT2D eigenvalue weighted by Crippen LogP contribution is -2.00. The number of unbranched alkanes of at least 4 members (excludes halogenated alkanes) is 1. The molecule has 1 aromatic heterocycles. The molecular formula is C8H14ClN3O. The van der Waals surface area contributed by atoms with E-state index in [1.807, 2.05) is 0 Å². The van der Waals surface area contributed by atoms with Crippen molar-refractivity contribution in [1.82, 2.24) is 10.2 Å². The fraction of sp³-hybridized carbons (Fsp3) is 0.750. The summed E-state index contributed by atoms with van der Waals surface area (Å²) in [7, 11) is 0. The van der Waals surface area contributed by atoms with E-state index in [9.17, 15) is 0 Å². The molecule has 0 radical (unpaired) electrons. The molecule has 0 unspecified atom stereocenters. The van der Waals surface area contributed by atoms with Crippen LogP contribution in [0.2, 0.25) is 0 Å². The van der Waals surface area contributed by atoms with E-state index in [2.05, 4.69) is 22.4 Å². The van der Waals surface area contributed by atoms with Gasteiger partial charge in [-0.05, 0) is 6.42 Å². The highest BCUT2D eigenvalue weighted by atomic mass is 35.5. The zero-order chi connectivity index (χ0) is 9.52. The smallest absolute Gasteiger partial charge is 0.315 e. The van der Waals surface area contributed by atoms with Gasteiger partial charge < -0.3 is 9.73 Å². The Hall–Kier alpha value is -0.770. The monoisotopic (exact) mass is 203 g/mol. The highest BCUT2D eigenvalue weighted by Crippen LogP contribution is 2.06. The minimum absolute atomic E-state index is 0.494. The Morgan fingerprint density at radius 2 is 2.31 bits per heavy atom. The summed E-state index contributed by atoms with van der Waals surface area (Å²) in [5.41, 5.74) is 0. The van der Waals surface area contributed by atoms with Crippen molar-refractivity contribution in [3.8, 4) is 0 Å². The Bertz CT molecular complexity index is 239. The molecule has 0 fully saturated rings. The molecule has 0 aromatic carbocycles. The molecule has 0 amide bonds. The number of alkyl halides is 1. The first kappa shape index (κ1) is 10.3. The van der Waals surface area contributed by atoms with Crippen LogP contribution in [0.4, 0.5) is 6.01 Å². The van der Waals surface area contributed by atoms with Gasteiger partial charge in [-0.2, -0.15) is 0 Å². The maximum absolute atomic E-state index is 5.52. The molecular weight excluding hydrogens is 190 g/mol. The van der Waals surface area contributed by atoms with Gasteiger partial charge in [-0.25, -0.2) is 0 Å². The second kappa shape index (κ2) is 5.80. The van der Waals surface area contributed by atoms with E-state index in [1.165, 1.54) is 0 Å². The van der Waals surface area contributed by atoms with E-state index < -0.39 is 0 Å². The fourth-order valence-electron chi connectivity index (χ4n) is 0.879. The van der Waals surface area contributed by atoms with Crippen molar-refractivity contribution in [2.75, 3.05) is 17.7 Å². The summed E-state index contributed by atoms with van der Waals surface area (Å²) in [5.74, 6) is 1.10. The Kier molecular flexibility index (Phi) is 4.60. The molecule has 1 aromatic rings. The molecule has 1 N–H and O–H groups in total. The summed E-state index contributed by atoms with van der Waals surface area (Å²) in [6.07, 6.45) is 2.88. The number of hydrogen-bond donors (Lipinski definition) is 1. The van der Waals surface area contributed by atoms with Gasteiger partial charge in [-0.1, -0.05) is 18.4 Å². The van der Waals surface area contributed by atoms with Gasteiger partial charge in [0.2, 0.25) is 5.89 Å². The number of nitrogens with zero attached hydrogens (tertiary/aromatic N) is 2. The predicted octanol–water partition coefficient (Wildman–Crippen LogP) is 2.06. The minimum atomic E-state index is 0.494. The maximum Gasteiger partial charge on any atom is 0.315 e. The zero-order valence-electron chi connectivity index (χ0n) is 7.72. The number of aromatic nitrogens is 2. The molecule has 4 nitrogen and oxygen atoms in total. The molecule has 0 aliphatic rings. The lowest BCUT2D eigenvalue weighted by molar-refractivity contribution is 0.511. The molecule has 1 rings (SSSR count). The first-order chi connectivity index (χ1) is 6.36. The number of halogens is 1. The minimum Gasteiger partial charge on any atom is -0.408 e. The highest BCUT2D eigenvalue weighted by molar-refractivity contribution is 6.17. The number of nitrogens with one attached hydrogen (secondary N) is 1. The van der Waals surface area contributed by atoms with Crippen LogP contribution in [-0.4, -0.2) is 22.6 Å². The highest BCUT2D eigenvalue weighted by Gasteiger charge is 2.03. The summed E-state index contributed by atoms with van der Waals surface area (Å²) in [4.78, 5) is 0. The fourth-order valence-corrected chi connectivity index (χ4v) is 1.04. The number of rotatable bonds is 6. The van der Waals surface area contributed by atoms with E-state index >= 15 is 0 Å². The normalized spacial score (nSPS) is 10.3. The van der Waals surface area contributed by atoms with Gasteiger partial charge in [-0.3, -0.25) is 0 Å². The molecule has 0 aliphatic heterocycles. The van der Waals surface area contributed by atoms with Gasteiger partial charge in [0.25, 0.3) is 0 Å². The number of hydrogen-bond acceptors (Lipinski definition) is 4. The van der Waals surface area contributed by atoms with E-state index in [1.54, 1.807) is 0 Å². The molecule has 74 valence electrons. The molecule has 0 aliphatic carbocycles. The molecule has 0 bridgehead atoms. The average molecular weight is 204 g/mol. The van der Waals surface area contributed by atoms with Crippen LogP contribution in [-0.2, 0) is 6.42 Å². The standard InChI is InChI=1S/C8H14ClN3O/c1-2-3-6-10-8-12-11-7(13-8)4-5-9/h2-6H2,1H3,(H,10,12). The van der Waals surface area contributed by atoms with Crippen LogP contribution in [0.3, 0.4) is 0 Å². The quantitative estimate of drug-likeness (QED) is 0.568. The molecule has 0 saturated heterocycles.